The first-order chi connectivity index (χ1) is 5.66. The van der Waals surface area contributed by atoms with Crippen molar-refractivity contribution in [1.29, 1.82) is 0 Å². The lowest BCUT2D eigenvalue weighted by molar-refractivity contribution is -0.184. The van der Waals surface area contributed by atoms with Crippen molar-refractivity contribution >= 4 is 0 Å². The highest BCUT2D eigenvalue weighted by Gasteiger charge is 2.36. The van der Waals surface area contributed by atoms with Crippen LogP contribution in [0.3, 0.4) is 0 Å². The molecule has 0 spiro atoms. The van der Waals surface area contributed by atoms with Gasteiger partial charge in [0.25, 0.3) is 0 Å². The molecular weight excluding hydrogens is 166 g/mol. The molecule has 0 aromatic heterocycles. The highest BCUT2D eigenvalue weighted by molar-refractivity contribution is 4.85. The van der Waals surface area contributed by atoms with Crippen molar-refractivity contribution in [2.24, 2.45) is 5.11 Å². The van der Waals surface area contributed by atoms with E-state index in [1.807, 2.05) is 0 Å². The summed E-state index contributed by atoms with van der Waals surface area (Å²) < 4.78 is 4.73. The van der Waals surface area contributed by atoms with Gasteiger partial charge in [-0.05, 0) is 5.53 Å². The van der Waals surface area contributed by atoms with Gasteiger partial charge in [0.05, 0.1) is 6.61 Å². The summed E-state index contributed by atoms with van der Waals surface area (Å²) in [7, 11) is 0. The number of aliphatic hydroxyl groups excluding tert-OH is 3. The molecule has 7 nitrogen and oxygen atoms in total. The molecule has 7 heteroatoms. The van der Waals surface area contributed by atoms with Crippen LogP contribution in [0.5, 0.6) is 0 Å². The molecule has 1 rings (SSSR count). The highest BCUT2D eigenvalue weighted by atomic mass is 16.5. The van der Waals surface area contributed by atoms with Gasteiger partial charge in [-0.3, -0.25) is 0 Å². The van der Waals surface area contributed by atoms with Gasteiger partial charge in [-0.2, -0.15) is 0 Å². The average molecular weight is 175 g/mol. The Kier molecular flexibility index (Phi) is 2.85. The summed E-state index contributed by atoms with van der Waals surface area (Å²) in [5, 5.41) is 30.3. The predicted molar refractivity (Wildman–Crippen MR) is 36.9 cm³/mol. The van der Waals surface area contributed by atoms with Crippen LogP contribution in [0.15, 0.2) is 5.11 Å². The quantitative estimate of drug-likeness (QED) is 0.261. The molecule has 68 valence electrons. The van der Waals surface area contributed by atoms with E-state index in [0.29, 0.717) is 0 Å². The fraction of sp³-hybridized carbons (Fsp3) is 1.00. The zero-order valence-electron chi connectivity index (χ0n) is 6.11. The Balaban J connectivity index is 2.64. The molecule has 1 fully saturated rings. The standard InChI is InChI=1S/C5H9N3O4/c6-8-7-5-4(11)3(10)2(9)1-12-5/h2-5,9-11H,1H2/t2-,3+,4-,5-/m1/s1. The normalized spacial score (nSPS) is 41.9. The Morgan fingerprint density at radius 3 is 2.58 bits per heavy atom. The SMILES string of the molecule is [N-]=[N+]=N[C@@H]1OC[C@@H](O)[C@H](O)[C@H]1O. The minimum Gasteiger partial charge on any atom is -0.388 e. The fourth-order valence-corrected chi connectivity index (χ4v) is 0.943. The predicted octanol–water partition coefficient (Wildman–Crippen LogP) is -1.26. The van der Waals surface area contributed by atoms with E-state index in [2.05, 4.69) is 10.0 Å². The van der Waals surface area contributed by atoms with E-state index >= 15 is 0 Å². The molecule has 0 unspecified atom stereocenters. The summed E-state index contributed by atoms with van der Waals surface area (Å²) in [5.41, 5.74) is 8.01. The number of ether oxygens (including phenoxy) is 1. The zero-order valence-corrected chi connectivity index (χ0v) is 6.11. The summed E-state index contributed by atoms with van der Waals surface area (Å²) in [4.78, 5) is 2.42. The molecule has 1 saturated heterocycles. The van der Waals surface area contributed by atoms with Crippen molar-refractivity contribution in [1.82, 2.24) is 0 Å². The molecule has 0 aliphatic carbocycles. The van der Waals surface area contributed by atoms with Crippen molar-refractivity contribution in [2.75, 3.05) is 6.61 Å². The van der Waals surface area contributed by atoms with Crippen molar-refractivity contribution in [3.05, 3.63) is 10.4 Å². The minimum absolute atomic E-state index is 0.151. The van der Waals surface area contributed by atoms with Crippen molar-refractivity contribution in [3.8, 4) is 0 Å². The average Bonchev–Trinajstić information content (AvgIpc) is 2.07. The lowest BCUT2D eigenvalue weighted by Gasteiger charge is -2.32. The van der Waals surface area contributed by atoms with E-state index in [4.69, 9.17) is 25.6 Å². The highest BCUT2D eigenvalue weighted by Crippen LogP contribution is 2.16. The van der Waals surface area contributed by atoms with Crippen LogP contribution in [-0.2, 0) is 4.74 Å². The van der Waals surface area contributed by atoms with Crippen LogP contribution >= 0.6 is 0 Å². The summed E-state index contributed by atoms with van der Waals surface area (Å²) in [6.45, 7) is -0.151. The molecule has 0 amide bonds. The Morgan fingerprint density at radius 2 is 2.00 bits per heavy atom. The summed E-state index contributed by atoms with van der Waals surface area (Å²) >= 11 is 0. The first-order valence-electron chi connectivity index (χ1n) is 3.37. The third-order valence-electron chi connectivity index (χ3n) is 1.64. The zero-order chi connectivity index (χ0) is 9.14. The van der Waals surface area contributed by atoms with Gasteiger partial charge >= 0.3 is 0 Å². The molecule has 1 aliphatic heterocycles. The maximum absolute atomic E-state index is 9.14. The van der Waals surface area contributed by atoms with Crippen LogP contribution in [0.1, 0.15) is 0 Å². The molecular formula is C5H9N3O4. The molecule has 1 aliphatic rings. The van der Waals surface area contributed by atoms with Gasteiger partial charge in [0.15, 0.2) is 6.23 Å². The van der Waals surface area contributed by atoms with Crippen LogP contribution in [0.2, 0.25) is 0 Å². The molecule has 0 bridgehead atoms. The third-order valence-corrected chi connectivity index (χ3v) is 1.64. The second-order valence-corrected chi connectivity index (χ2v) is 2.48. The smallest absolute Gasteiger partial charge is 0.165 e. The van der Waals surface area contributed by atoms with E-state index in [-0.39, 0.29) is 6.61 Å². The molecule has 1 heterocycles. The van der Waals surface area contributed by atoms with Crippen LogP contribution in [0.4, 0.5) is 0 Å². The fourth-order valence-electron chi connectivity index (χ4n) is 0.943. The van der Waals surface area contributed by atoms with E-state index < -0.39 is 24.5 Å². The van der Waals surface area contributed by atoms with E-state index in [0.717, 1.165) is 0 Å². The monoisotopic (exact) mass is 175 g/mol. The first-order valence-corrected chi connectivity index (χ1v) is 3.37. The Labute approximate surface area is 67.8 Å². The maximum Gasteiger partial charge on any atom is 0.165 e. The number of hydrogen-bond donors (Lipinski definition) is 3. The van der Waals surface area contributed by atoms with E-state index in [1.54, 1.807) is 0 Å². The number of azide groups is 1. The van der Waals surface area contributed by atoms with Crippen LogP contribution in [0, 0.1) is 0 Å². The summed E-state index contributed by atoms with van der Waals surface area (Å²) in [6.07, 6.45) is -4.95. The van der Waals surface area contributed by atoms with Crippen molar-refractivity contribution < 1.29 is 20.1 Å². The van der Waals surface area contributed by atoms with E-state index in [1.165, 1.54) is 0 Å². The van der Waals surface area contributed by atoms with Gasteiger partial charge in [0.2, 0.25) is 0 Å². The van der Waals surface area contributed by atoms with Gasteiger partial charge in [-0.1, -0.05) is 5.11 Å². The topological polar surface area (TPSA) is 119 Å². The van der Waals surface area contributed by atoms with Gasteiger partial charge in [0, 0.05) is 4.91 Å². The largest absolute Gasteiger partial charge is 0.388 e. The van der Waals surface area contributed by atoms with Gasteiger partial charge in [-0.25, -0.2) is 0 Å². The van der Waals surface area contributed by atoms with Crippen LogP contribution in [-0.4, -0.2) is 46.5 Å². The summed E-state index contributed by atoms with van der Waals surface area (Å²) in [6, 6.07) is 0. The van der Waals surface area contributed by atoms with Gasteiger partial charge in [-0.15, -0.1) is 0 Å². The molecule has 4 atom stereocenters. The third kappa shape index (κ3) is 1.66. The first kappa shape index (κ1) is 9.24. The van der Waals surface area contributed by atoms with Crippen molar-refractivity contribution in [3.63, 3.8) is 0 Å². The molecule has 12 heavy (non-hydrogen) atoms. The maximum atomic E-state index is 9.14. The Morgan fingerprint density at radius 1 is 1.33 bits per heavy atom. The number of nitrogens with zero attached hydrogens (tertiary/aromatic N) is 3. The lowest BCUT2D eigenvalue weighted by Crippen LogP contribution is -2.51. The molecule has 0 radical (unpaired) electrons. The van der Waals surface area contributed by atoms with Gasteiger partial charge < -0.3 is 20.1 Å². The minimum atomic E-state index is -1.37. The van der Waals surface area contributed by atoms with Crippen LogP contribution < -0.4 is 0 Å². The second kappa shape index (κ2) is 3.70. The number of aliphatic hydroxyl groups is 3. The molecule has 3 N–H and O–H groups in total. The van der Waals surface area contributed by atoms with Crippen LogP contribution in [0.25, 0.3) is 10.4 Å². The Hall–Kier alpha value is -0.850. The van der Waals surface area contributed by atoms with Gasteiger partial charge in [0.1, 0.15) is 18.3 Å². The molecule has 0 aromatic rings. The van der Waals surface area contributed by atoms with E-state index in [9.17, 15) is 0 Å². The lowest BCUT2D eigenvalue weighted by atomic mass is 10.1. The number of rotatable bonds is 1. The molecule has 0 saturated carbocycles. The van der Waals surface area contributed by atoms with Crippen molar-refractivity contribution in [2.45, 2.75) is 24.5 Å². The Bertz CT molecular complexity index is 205. The summed E-state index contributed by atoms with van der Waals surface area (Å²) in [5.74, 6) is 0. The molecule has 0 aromatic carbocycles. The number of hydrogen-bond acceptors (Lipinski definition) is 5. The second-order valence-electron chi connectivity index (χ2n) is 2.48.